The molecule has 1 saturated heterocycles. The van der Waals surface area contributed by atoms with Crippen molar-refractivity contribution in [3.05, 3.63) is 5.82 Å². The molecule has 0 radical (unpaired) electrons. The van der Waals surface area contributed by atoms with E-state index in [1.807, 2.05) is 11.8 Å². The van der Waals surface area contributed by atoms with E-state index in [2.05, 4.69) is 24.0 Å². The lowest BCUT2D eigenvalue weighted by atomic mass is 9.97. The Balaban J connectivity index is 2.06. The minimum Gasteiger partial charge on any atom is -0.336 e. The number of likely N-dealkylation sites (tertiary alicyclic amines) is 1. The lowest BCUT2D eigenvalue weighted by Gasteiger charge is -2.40. The third-order valence-electron chi connectivity index (χ3n) is 3.91. The lowest BCUT2D eigenvalue weighted by molar-refractivity contribution is -0.136. The highest BCUT2D eigenvalue weighted by Gasteiger charge is 2.32. The Bertz CT molecular complexity index is 479. The van der Waals surface area contributed by atoms with Crippen molar-refractivity contribution in [2.45, 2.75) is 69.4 Å². The summed E-state index contributed by atoms with van der Waals surface area (Å²) in [6.45, 7) is 7.95. The van der Waals surface area contributed by atoms with Gasteiger partial charge in [-0.15, -0.1) is 10.2 Å². The third-order valence-corrected chi connectivity index (χ3v) is 4.96. The van der Waals surface area contributed by atoms with E-state index in [-0.39, 0.29) is 11.2 Å². The van der Waals surface area contributed by atoms with Gasteiger partial charge in [-0.2, -0.15) is 0 Å². The van der Waals surface area contributed by atoms with Crippen LogP contribution in [0.4, 0.5) is 0 Å². The van der Waals surface area contributed by atoms with E-state index in [0.29, 0.717) is 23.1 Å². The smallest absolute Gasteiger partial charge is 0.236 e. The monoisotopic (exact) mass is 297 g/mol. The first-order chi connectivity index (χ1) is 9.41. The third kappa shape index (κ3) is 2.92. The molecule has 0 bridgehead atoms. The molecule has 20 heavy (non-hydrogen) atoms. The molecule has 2 heterocycles. The molecule has 3 atom stereocenters. The minimum atomic E-state index is -0.205. The van der Waals surface area contributed by atoms with Crippen LogP contribution in [0.5, 0.6) is 0 Å². The number of nitrogen functional groups attached to an aromatic ring is 1. The number of aryl methyl sites for hydroxylation is 1. The summed E-state index contributed by atoms with van der Waals surface area (Å²) >= 11 is 1.37. The van der Waals surface area contributed by atoms with Gasteiger partial charge in [0.25, 0.3) is 0 Å². The number of aromatic nitrogens is 3. The van der Waals surface area contributed by atoms with E-state index < -0.39 is 0 Å². The van der Waals surface area contributed by atoms with Crippen LogP contribution >= 0.6 is 11.8 Å². The Morgan fingerprint density at radius 2 is 1.95 bits per heavy atom. The van der Waals surface area contributed by atoms with Crippen molar-refractivity contribution >= 4 is 17.7 Å². The summed E-state index contributed by atoms with van der Waals surface area (Å²) in [6.07, 6.45) is 3.36. The molecule has 112 valence electrons. The molecule has 0 aliphatic carbocycles. The Morgan fingerprint density at radius 3 is 2.45 bits per heavy atom. The topological polar surface area (TPSA) is 77.0 Å². The summed E-state index contributed by atoms with van der Waals surface area (Å²) in [7, 11) is 0. The van der Waals surface area contributed by atoms with Crippen molar-refractivity contribution in [2.24, 2.45) is 0 Å². The van der Waals surface area contributed by atoms with Gasteiger partial charge in [0.15, 0.2) is 0 Å². The molecular weight excluding hydrogens is 274 g/mol. The van der Waals surface area contributed by atoms with Crippen molar-refractivity contribution < 1.29 is 4.79 Å². The predicted octanol–water partition coefficient (Wildman–Crippen LogP) is 1.57. The average molecular weight is 297 g/mol. The van der Waals surface area contributed by atoms with E-state index in [1.54, 1.807) is 6.92 Å². The number of rotatable bonds is 3. The van der Waals surface area contributed by atoms with Crippen molar-refractivity contribution in [3.8, 4) is 0 Å². The van der Waals surface area contributed by atoms with Gasteiger partial charge in [-0.1, -0.05) is 11.8 Å². The quantitative estimate of drug-likeness (QED) is 0.677. The van der Waals surface area contributed by atoms with Crippen LogP contribution < -0.4 is 5.84 Å². The summed E-state index contributed by atoms with van der Waals surface area (Å²) < 4.78 is 1.43. The van der Waals surface area contributed by atoms with Gasteiger partial charge in [0.2, 0.25) is 11.1 Å². The highest BCUT2D eigenvalue weighted by Crippen LogP contribution is 2.28. The standard InChI is InChI=1S/C13H23N5OS/c1-8-6-5-7-9(2)17(8)12(19)10(3)20-13-16-15-11(4)18(13)14/h8-10H,5-7,14H2,1-4H3/t8-,9-,10-/m0/s1. The van der Waals surface area contributed by atoms with Gasteiger partial charge in [-0.25, -0.2) is 4.68 Å². The molecule has 0 spiro atoms. The average Bonchev–Trinajstić information content (AvgIpc) is 2.70. The molecule has 0 unspecified atom stereocenters. The Kier molecular flexibility index (Phi) is 4.57. The first kappa shape index (κ1) is 15.2. The molecule has 1 fully saturated rings. The zero-order chi connectivity index (χ0) is 14.9. The van der Waals surface area contributed by atoms with Gasteiger partial charge in [0.05, 0.1) is 5.25 Å². The second-order valence-electron chi connectivity index (χ2n) is 5.53. The molecule has 7 heteroatoms. The summed E-state index contributed by atoms with van der Waals surface area (Å²) in [5, 5.41) is 8.29. The second-order valence-corrected chi connectivity index (χ2v) is 6.84. The summed E-state index contributed by atoms with van der Waals surface area (Å²) in [6, 6.07) is 0.624. The predicted molar refractivity (Wildman–Crippen MR) is 79.8 cm³/mol. The fourth-order valence-corrected chi connectivity index (χ4v) is 3.58. The van der Waals surface area contributed by atoms with E-state index in [9.17, 15) is 4.79 Å². The SMILES string of the molecule is Cc1nnc(S[C@@H](C)C(=O)N2[C@@H](C)CCC[C@@H]2C)n1N. The zero-order valence-electron chi connectivity index (χ0n) is 12.5. The van der Waals surface area contributed by atoms with Crippen molar-refractivity contribution in [1.29, 1.82) is 0 Å². The fourth-order valence-electron chi connectivity index (χ4n) is 2.70. The maximum atomic E-state index is 12.6. The van der Waals surface area contributed by atoms with Crippen molar-refractivity contribution in [1.82, 2.24) is 19.8 Å². The molecule has 0 aromatic carbocycles. The number of carbonyl (C=O) groups is 1. The Morgan fingerprint density at radius 1 is 1.35 bits per heavy atom. The molecule has 1 amide bonds. The van der Waals surface area contributed by atoms with Gasteiger partial charge in [-0.3, -0.25) is 4.79 Å². The number of hydrogen-bond acceptors (Lipinski definition) is 5. The first-order valence-corrected chi connectivity index (χ1v) is 7.95. The van der Waals surface area contributed by atoms with Crippen LogP contribution in [-0.4, -0.2) is 43.0 Å². The number of thioether (sulfide) groups is 1. The van der Waals surface area contributed by atoms with Crippen LogP contribution in [-0.2, 0) is 4.79 Å². The maximum Gasteiger partial charge on any atom is 0.236 e. The maximum absolute atomic E-state index is 12.6. The van der Waals surface area contributed by atoms with Crippen LogP contribution in [0.2, 0.25) is 0 Å². The summed E-state index contributed by atoms with van der Waals surface area (Å²) in [5.74, 6) is 6.64. The molecule has 1 aliphatic heterocycles. The Hall–Kier alpha value is -1.24. The number of nitrogens with zero attached hydrogens (tertiary/aromatic N) is 4. The minimum absolute atomic E-state index is 0.162. The van der Waals surface area contributed by atoms with E-state index in [1.165, 1.54) is 22.9 Å². The van der Waals surface area contributed by atoms with E-state index in [4.69, 9.17) is 5.84 Å². The number of amides is 1. The lowest BCUT2D eigenvalue weighted by Crippen LogP contribution is -2.50. The number of hydrogen-bond donors (Lipinski definition) is 1. The van der Waals surface area contributed by atoms with Gasteiger partial charge >= 0.3 is 0 Å². The Labute approximate surface area is 124 Å². The van der Waals surface area contributed by atoms with E-state index >= 15 is 0 Å². The van der Waals surface area contributed by atoms with Crippen molar-refractivity contribution in [3.63, 3.8) is 0 Å². The van der Waals surface area contributed by atoms with Gasteiger partial charge < -0.3 is 10.7 Å². The summed E-state index contributed by atoms with van der Waals surface area (Å²) in [4.78, 5) is 14.7. The molecule has 0 saturated carbocycles. The fraction of sp³-hybridized carbons (Fsp3) is 0.769. The molecule has 1 aromatic heterocycles. The summed E-state index contributed by atoms with van der Waals surface area (Å²) in [5.41, 5.74) is 0. The highest BCUT2D eigenvalue weighted by atomic mass is 32.2. The second kappa shape index (κ2) is 6.03. The molecule has 2 N–H and O–H groups in total. The van der Waals surface area contributed by atoms with Crippen molar-refractivity contribution in [2.75, 3.05) is 5.84 Å². The zero-order valence-corrected chi connectivity index (χ0v) is 13.4. The number of carbonyl (C=O) groups excluding carboxylic acids is 1. The molecule has 1 aliphatic rings. The molecule has 6 nitrogen and oxygen atoms in total. The largest absolute Gasteiger partial charge is 0.336 e. The van der Waals surface area contributed by atoms with Crippen LogP contribution in [0.25, 0.3) is 0 Å². The van der Waals surface area contributed by atoms with Gasteiger partial charge in [-0.05, 0) is 47.0 Å². The van der Waals surface area contributed by atoms with Gasteiger partial charge in [0, 0.05) is 12.1 Å². The van der Waals surface area contributed by atoms with Gasteiger partial charge in [0.1, 0.15) is 5.82 Å². The van der Waals surface area contributed by atoms with Crippen LogP contribution in [0.15, 0.2) is 5.16 Å². The number of piperidine rings is 1. The normalized spacial score (nSPS) is 24.7. The van der Waals surface area contributed by atoms with Crippen LogP contribution in [0.1, 0.15) is 45.9 Å². The van der Waals surface area contributed by atoms with Crippen LogP contribution in [0, 0.1) is 6.92 Å². The molecule has 2 rings (SSSR count). The van der Waals surface area contributed by atoms with E-state index in [0.717, 1.165) is 12.8 Å². The molecular formula is C13H23N5OS. The first-order valence-electron chi connectivity index (χ1n) is 7.07. The highest BCUT2D eigenvalue weighted by molar-refractivity contribution is 8.00. The number of nitrogens with two attached hydrogens (primary N) is 1. The van der Waals surface area contributed by atoms with Crippen LogP contribution in [0.3, 0.4) is 0 Å². The molecule has 1 aromatic rings.